The van der Waals surface area contributed by atoms with Crippen LogP contribution in [0.15, 0.2) is 0 Å². The van der Waals surface area contributed by atoms with E-state index >= 15 is 0 Å². The van der Waals surface area contributed by atoms with Crippen LogP contribution in [0, 0.1) is 11.3 Å². The molecule has 0 saturated carbocycles. The van der Waals surface area contributed by atoms with E-state index in [-0.39, 0.29) is 32.2 Å². The molecule has 5 N–H and O–H groups in total. The van der Waals surface area contributed by atoms with Crippen molar-refractivity contribution in [2.45, 2.75) is 19.4 Å². The number of aliphatic hydroxyl groups excluding tert-OH is 5. The largest absolute Gasteiger partial charge is 0.396 e. The van der Waals surface area contributed by atoms with Crippen LogP contribution in [-0.4, -0.2) is 58.1 Å². The van der Waals surface area contributed by atoms with Gasteiger partial charge in [-0.05, 0) is 12.3 Å². The van der Waals surface area contributed by atoms with Gasteiger partial charge < -0.3 is 25.5 Å². The molecular formula is C9H20O5. The second-order valence-electron chi connectivity index (χ2n) is 3.80. The summed E-state index contributed by atoms with van der Waals surface area (Å²) in [6.45, 7) is 0.417. The highest BCUT2D eigenvalue weighted by Gasteiger charge is 2.36. The SMILES string of the molecule is CC(CO)C(CO)(CO)CC(O)CO. The van der Waals surface area contributed by atoms with Gasteiger partial charge >= 0.3 is 0 Å². The zero-order valence-corrected chi connectivity index (χ0v) is 8.43. The monoisotopic (exact) mass is 208 g/mol. The maximum Gasteiger partial charge on any atom is 0.0778 e. The second-order valence-corrected chi connectivity index (χ2v) is 3.80. The van der Waals surface area contributed by atoms with Crippen LogP contribution in [0.25, 0.3) is 0 Å². The Balaban J connectivity index is 4.52. The highest BCUT2D eigenvalue weighted by atomic mass is 16.3. The molecule has 0 saturated heterocycles. The minimum atomic E-state index is -0.983. The lowest BCUT2D eigenvalue weighted by Crippen LogP contribution is -2.42. The Labute approximate surface area is 83.6 Å². The van der Waals surface area contributed by atoms with Crippen LogP contribution in [0.1, 0.15) is 13.3 Å². The number of hydrogen-bond acceptors (Lipinski definition) is 5. The van der Waals surface area contributed by atoms with E-state index in [0.29, 0.717) is 0 Å². The second kappa shape index (κ2) is 6.31. The molecule has 0 aromatic carbocycles. The van der Waals surface area contributed by atoms with Crippen LogP contribution in [-0.2, 0) is 0 Å². The fourth-order valence-corrected chi connectivity index (χ4v) is 1.42. The van der Waals surface area contributed by atoms with Gasteiger partial charge in [0.15, 0.2) is 0 Å². The van der Waals surface area contributed by atoms with E-state index in [0.717, 1.165) is 0 Å². The summed E-state index contributed by atoms with van der Waals surface area (Å²) in [5.74, 6) is -0.335. The van der Waals surface area contributed by atoms with Crippen molar-refractivity contribution >= 4 is 0 Å². The molecule has 0 rings (SSSR count). The molecule has 0 aromatic rings. The topological polar surface area (TPSA) is 101 Å². The molecule has 0 spiro atoms. The van der Waals surface area contributed by atoms with Gasteiger partial charge in [0.05, 0.1) is 25.9 Å². The number of rotatable bonds is 7. The van der Waals surface area contributed by atoms with Gasteiger partial charge in [0.1, 0.15) is 0 Å². The van der Waals surface area contributed by atoms with Crippen LogP contribution >= 0.6 is 0 Å². The van der Waals surface area contributed by atoms with Crippen molar-refractivity contribution in [3.8, 4) is 0 Å². The molecule has 2 atom stereocenters. The van der Waals surface area contributed by atoms with Gasteiger partial charge in [0, 0.05) is 12.0 Å². The summed E-state index contributed by atoms with van der Waals surface area (Å²) in [5.41, 5.74) is -0.934. The van der Waals surface area contributed by atoms with E-state index < -0.39 is 18.1 Å². The van der Waals surface area contributed by atoms with Crippen molar-refractivity contribution in [2.24, 2.45) is 11.3 Å². The zero-order valence-electron chi connectivity index (χ0n) is 8.43. The van der Waals surface area contributed by atoms with Gasteiger partial charge in [-0.25, -0.2) is 0 Å². The maximum absolute atomic E-state index is 9.25. The van der Waals surface area contributed by atoms with Gasteiger partial charge in [-0.3, -0.25) is 0 Å². The third-order valence-electron chi connectivity index (χ3n) is 2.80. The minimum absolute atomic E-state index is 0.0677. The van der Waals surface area contributed by atoms with Crippen molar-refractivity contribution in [1.29, 1.82) is 0 Å². The third kappa shape index (κ3) is 3.18. The molecule has 0 aliphatic carbocycles. The lowest BCUT2D eigenvalue weighted by molar-refractivity contribution is -0.0540. The molecule has 0 radical (unpaired) electrons. The highest BCUT2D eigenvalue weighted by Crippen LogP contribution is 2.31. The first kappa shape index (κ1) is 13.8. The number of hydrogen-bond donors (Lipinski definition) is 5. The Bertz CT molecular complexity index is 146. The molecule has 0 aromatic heterocycles. The van der Waals surface area contributed by atoms with Gasteiger partial charge in [0.2, 0.25) is 0 Å². The molecule has 0 bridgehead atoms. The number of aliphatic hydroxyl groups is 5. The summed E-state index contributed by atoms with van der Waals surface area (Å²) in [4.78, 5) is 0. The molecular weight excluding hydrogens is 188 g/mol. The van der Waals surface area contributed by atoms with E-state index in [1.54, 1.807) is 6.92 Å². The summed E-state index contributed by atoms with van der Waals surface area (Å²) >= 11 is 0. The first-order valence-corrected chi connectivity index (χ1v) is 4.67. The summed E-state index contributed by atoms with van der Waals surface area (Å²) in [6.07, 6.45) is -0.915. The van der Waals surface area contributed by atoms with Gasteiger partial charge in [-0.1, -0.05) is 6.92 Å². The molecule has 0 aliphatic rings. The van der Waals surface area contributed by atoms with Crippen LogP contribution in [0.5, 0.6) is 0 Å². The van der Waals surface area contributed by atoms with Crippen molar-refractivity contribution in [2.75, 3.05) is 26.4 Å². The van der Waals surface area contributed by atoms with Crippen molar-refractivity contribution in [3.05, 3.63) is 0 Å². The molecule has 0 aliphatic heterocycles. The quantitative estimate of drug-likeness (QED) is 0.344. The molecule has 5 nitrogen and oxygen atoms in total. The Morgan fingerprint density at radius 2 is 1.50 bits per heavy atom. The van der Waals surface area contributed by atoms with E-state index in [1.807, 2.05) is 0 Å². The summed E-state index contributed by atoms with van der Waals surface area (Å²) in [5, 5.41) is 45.2. The normalized spacial score (nSPS) is 16.7. The molecule has 0 heterocycles. The molecule has 14 heavy (non-hydrogen) atoms. The zero-order chi connectivity index (χ0) is 11.2. The van der Waals surface area contributed by atoms with Gasteiger partial charge in [-0.15, -0.1) is 0 Å². The van der Waals surface area contributed by atoms with E-state index in [4.69, 9.17) is 20.4 Å². The standard InChI is InChI=1S/C9H20O5/c1-7(3-10)9(5-12,6-13)2-8(14)4-11/h7-8,10-14H,2-6H2,1H3. The summed E-state index contributed by atoms with van der Waals surface area (Å²) < 4.78 is 0. The van der Waals surface area contributed by atoms with Crippen LogP contribution in [0.3, 0.4) is 0 Å². The highest BCUT2D eigenvalue weighted by molar-refractivity contribution is 4.85. The Kier molecular flexibility index (Phi) is 6.22. The Morgan fingerprint density at radius 3 is 1.79 bits per heavy atom. The Morgan fingerprint density at radius 1 is 1.00 bits per heavy atom. The first-order chi connectivity index (χ1) is 6.56. The predicted molar refractivity (Wildman–Crippen MR) is 50.6 cm³/mol. The van der Waals surface area contributed by atoms with Crippen LogP contribution in [0.4, 0.5) is 0 Å². The summed E-state index contributed by atoms with van der Waals surface area (Å²) in [6, 6.07) is 0. The predicted octanol–water partition coefficient (Wildman–Crippen LogP) is -1.67. The molecule has 2 unspecified atom stereocenters. The van der Waals surface area contributed by atoms with Crippen molar-refractivity contribution in [1.82, 2.24) is 0 Å². The Hall–Kier alpha value is -0.200. The molecule has 5 heteroatoms. The molecule has 0 amide bonds. The van der Waals surface area contributed by atoms with Gasteiger partial charge in [0.25, 0.3) is 0 Å². The van der Waals surface area contributed by atoms with Crippen LogP contribution < -0.4 is 0 Å². The van der Waals surface area contributed by atoms with E-state index in [2.05, 4.69) is 0 Å². The van der Waals surface area contributed by atoms with E-state index in [9.17, 15) is 5.11 Å². The van der Waals surface area contributed by atoms with E-state index in [1.165, 1.54) is 0 Å². The lowest BCUT2D eigenvalue weighted by atomic mass is 9.74. The molecule has 0 fully saturated rings. The van der Waals surface area contributed by atoms with Crippen LogP contribution in [0.2, 0.25) is 0 Å². The maximum atomic E-state index is 9.25. The summed E-state index contributed by atoms with van der Waals surface area (Å²) in [7, 11) is 0. The minimum Gasteiger partial charge on any atom is -0.396 e. The fraction of sp³-hybridized carbons (Fsp3) is 1.00. The first-order valence-electron chi connectivity index (χ1n) is 4.67. The average Bonchev–Trinajstić information content (AvgIpc) is 2.24. The third-order valence-corrected chi connectivity index (χ3v) is 2.80. The van der Waals surface area contributed by atoms with Crippen molar-refractivity contribution in [3.63, 3.8) is 0 Å². The lowest BCUT2D eigenvalue weighted by Gasteiger charge is -2.36. The van der Waals surface area contributed by atoms with Gasteiger partial charge in [-0.2, -0.15) is 0 Å². The van der Waals surface area contributed by atoms with Crippen molar-refractivity contribution < 1.29 is 25.5 Å². The smallest absolute Gasteiger partial charge is 0.0778 e. The molecule has 86 valence electrons. The fourth-order valence-electron chi connectivity index (χ4n) is 1.42. The average molecular weight is 208 g/mol.